The van der Waals surface area contributed by atoms with Crippen molar-refractivity contribution in [2.45, 2.75) is 0 Å². The van der Waals surface area contributed by atoms with Gasteiger partial charge in [0.2, 0.25) is 5.91 Å². The largest absolute Gasteiger partial charge is 0.497 e. The Labute approximate surface area is 128 Å². The molecule has 5 heteroatoms. The zero-order chi connectivity index (χ0) is 16.1. The molecule has 0 aliphatic heterocycles. The number of carbonyl (C=O) groups excluding carboxylic acids is 2. The molecule has 0 spiro atoms. The number of ether oxygens (including phenoxy) is 1. The van der Waals surface area contributed by atoms with E-state index in [2.05, 4.69) is 11.9 Å². The third kappa shape index (κ3) is 3.32. The minimum atomic E-state index is -0.614. The van der Waals surface area contributed by atoms with Crippen LogP contribution in [-0.2, 0) is 4.79 Å². The van der Waals surface area contributed by atoms with Gasteiger partial charge >= 0.3 is 0 Å². The van der Waals surface area contributed by atoms with E-state index in [1.54, 1.807) is 25.3 Å². The highest BCUT2D eigenvalue weighted by atomic mass is 16.5. The van der Waals surface area contributed by atoms with Crippen molar-refractivity contribution in [3.63, 3.8) is 0 Å². The zero-order valence-corrected chi connectivity index (χ0v) is 12.1. The van der Waals surface area contributed by atoms with E-state index in [1.165, 1.54) is 0 Å². The van der Waals surface area contributed by atoms with E-state index in [1.807, 2.05) is 24.3 Å². The first-order valence-electron chi connectivity index (χ1n) is 6.57. The van der Waals surface area contributed by atoms with Gasteiger partial charge in [0.1, 0.15) is 5.75 Å². The van der Waals surface area contributed by atoms with Crippen LogP contribution in [0.3, 0.4) is 0 Å². The number of nitrogens with two attached hydrogens (primary N) is 1. The van der Waals surface area contributed by atoms with E-state index in [4.69, 9.17) is 10.5 Å². The van der Waals surface area contributed by atoms with E-state index < -0.39 is 11.8 Å². The van der Waals surface area contributed by atoms with Gasteiger partial charge in [-0.2, -0.15) is 0 Å². The Bertz CT molecular complexity index is 738. The molecule has 2 amide bonds. The number of rotatable bonds is 5. The molecular weight excluding hydrogens is 280 g/mol. The number of amides is 2. The van der Waals surface area contributed by atoms with Gasteiger partial charge in [0.25, 0.3) is 5.91 Å². The topological polar surface area (TPSA) is 81.4 Å². The van der Waals surface area contributed by atoms with Gasteiger partial charge in [-0.15, -0.1) is 0 Å². The Hall–Kier alpha value is -3.08. The molecule has 0 unspecified atom stereocenters. The fraction of sp³-hybridized carbons (Fsp3) is 0.0588. The van der Waals surface area contributed by atoms with Gasteiger partial charge in [-0.05, 0) is 41.5 Å². The van der Waals surface area contributed by atoms with E-state index in [0.29, 0.717) is 11.4 Å². The summed E-state index contributed by atoms with van der Waals surface area (Å²) in [5.74, 6) is -0.310. The second-order valence-electron chi connectivity index (χ2n) is 4.55. The van der Waals surface area contributed by atoms with Crippen LogP contribution < -0.4 is 15.8 Å². The van der Waals surface area contributed by atoms with Crippen molar-refractivity contribution >= 4 is 17.5 Å². The number of anilines is 1. The predicted molar refractivity (Wildman–Crippen MR) is 85.8 cm³/mol. The molecule has 0 atom stereocenters. The lowest BCUT2D eigenvalue weighted by Crippen LogP contribution is -2.16. The quantitative estimate of drug-likeness (QED) is 0.832. The number of methoxy groups -OCH3 is 1. The van der Waals surface area contributed by atoms with E-state index >= 15 is 0 Å². The van der Waals surface area contributed by atoms with Gasteiger partial charge < -0.3 is 15.8 Å². The molecular formula is C17H16N2O3. The Kier molecular flexibility index (Phi) is 4.58. The lowest BCUT2D eigenvalue weighted by atomic mass is 10.0. The number of carbonyl (C=O) groups is 2. The molecule has 0 radical (unpaired) electrons. The normalized spacial score (nSPS) is 9.86. The lowest BCUT2D eigenvalue weighted by Gasteiger charge is -2.11. The van der Waals surface area contributed by atoms with Gasteiger partial charge in [-0.3, -0.25) is 9.59 Å². The van der Waals surface area contributed by atoms with Crippen molar-refractivity contribution in [3.8, 4) is 16.9 Å². The fourth-order valence-electron chi connectivity index (χ4n) is 2.03. The second kappa shape index (κ2) is 6.58. The highest BCUT2D eigenvalue weighted by Crippen LogP contribution is 2.28. The summed E-state index contributed by atoms with van der Waals surface area (Å²) in [7, 11) is 1.59. The number of primary amides is 1. The molecule has 0 saturated heterocycles. The predicted octanol–water partition coefficient (Wildman–Crippen LogP) is 2.59. The van der Waals surface area contributed by atoms with Gasteiger partial charge in [-0.1, -0.05) is 24.8 Å². The molecule has 5 nitrogen and oxygen atoms in total. The summed E-state index contributed by atoms with van der Waals surface area (Å²) in [6.45, 7) is 3.39. The molecule has 2 rings (SSSR count). The molecule has 0 fully saturated rings. The van der Waals surface area contributed by atoms with Crippen LogP contribution in [0.15, 0.2) is 55.1 Å². The summed E-state index contributed by atoms with van der Waals surface area (Å²) < 4.78 is 5.19. The molecule has 0 saturated carbocycles. The first-order valence-corrected chi connectivity index (χ1v) is 6.57. The average molecular weight is 296 g/mol. The summed E-state index contributed by atoms with van der Waals surface area (Å²) in [6.07, 6.45) is 1.13. The molecule has 0 aliphatic rings. The molecule has 2 aromatic rings. The Balaban J connectivity index is 2.49. The van der Waals surface area contributed by atoms with Crippen molar-refractivity contribution in [1.82, 2.24) is 0 Å². The van der Waals surface area contributed by atoms with Crippen molar-refractivity contribution in [2.24, 2.45) is 5.73 Å². The maximum atomic E-state index is 11.5. The van der Waals surface area contributed by atoms with Gasteiger partial charge in [-0.25, -0.2) is 0 Å². The number of hydrogen-bond acceptors (Lipinski definition) is 3. The SMILES string of the molecule is C=CC(=O)Nc1cc(-c2cccc(OC)c2)ccc1C(N)=O. The molecule has 2 aromatic carbocycles. The highest BCUT2D eigenvalue weighted by molar-refractivity contribution is 6.06. The Morgan fingerprint density at radius 1 is 1.18 bits per heavy atom. The highest BCUT2D eigenvalue weighted by Gasteiger charge is 2.11. The zero-order valence-electron chi connectivity index (χ0n) is 12.1. The van der Waals surface area contributed by atoms with Crippen LogP contribution in [0.4, 0.5) is 5.69 Å². The summed E-state index contributed by atoms with van der Waals surface area (Å²) in [4.78, 5) is 23.0. The minimum Gasteiger partial charge on any atom is -0.497 e. The standard InChI is InChI=1S/C17H16N2O3/c1-3-16(20)19-15-10-12(7-8-14(15)17(18)21)11-5-4-6-13(9-11)22-2/h3-10H,1H2,2H3,(H2,18,21)(H,19,20). The van der Waals surface area contributed by atoms with Crippen LogP contribution in [0.2, 0.25) is 0 Å². The molecule has 112 valence electrons. The Morgan fingerprint density at radius 2 is 1.91 bits per heavy atom. The van der Waals surface area contributed by atoms with Gasteiger partial charge in [0.05, 0.1) is 18.4 Å². The lowest BCUT2D eigenvalue weighted by molar-refractivity contribution is -0.111. The van der Waals surface area contributed by atoms with Crippen molar-refractivity contribution in [3.05, 3.63) is 60.7 Å². The first kappa shape index (κ1) is 15.3. The summed E-state index contributed by atoms with van der Waals surface area (Å²) in [5, 5.41) is 2.59. The van der Waals surface area contributed by atoms with Crippen LogP contribution in [0.25, 0.3) is 11.1 Å². The Morgan fingerprint density at radius 3 is 2.55 bits per heavy atom. The minimum absolute atomic E-state index is 0.238. The molecule has 0 aromatic heterocycles. The van der Waals surface area contributed by atoms with Crippen molar-refractivity contribution in [2.75, 3.05) is 12.4 Å². The van der Waals surface area contributed by atoms with Crippen LogP contribution in [0.1, 0.15) is 10.4 Å². The summed E-state index contributed by atoms with van der Waals surface area (Å²) in [5.41, 5.74) is 7.63. The molecule has 22 heavy (non-hydrogen) atoms. The van der Waals surface area contributed by atoms with Crippen LogP contribution in [0, 0.1) is 0 Å². The maximum absolute atomic E-state index is 11.5. The third-order valence-electron chi connectivity index (χ3n) is 3.13. The maximum Gasteiger partial charge on any atom is 0.250 e. The first-order chi connectivity index (χ1) is 10.5. The smallest absolute Gasteiger partial charge is 0.250 e. The van der Waals surface area contributed by atoms with Crippen molar-refractivity contribution < 1.29 is 14.3 Å². The third-order valence-corrected chi connectivity index (χ3v) is 3.13. The summed E-state index contributed by atoms with van der Waals surface area (Å²) in [6, 6.07) is 12.5. The van der Waals surface area contributed by atoms with E-state index in [9.17, 15) is 9.59 Å². The van der Waals surface area contributed by atoms with Crippen LogP contribution >= 0.6 is 0 Å². The average Bonchev–Trinajstić information content (AvgIpc) is 2.54. The van der Waals surface area contributed by atoms with E-state index in [0.717, 1.165) is 17.2 Å². The van der Waals surface area contributed by atoms with Crippen molar-refractivity contribution in [1.29, 1.82) is 0 Å². The molecule has 0 aliphatic carbocycles. The second-order valence-corrected chi connectivity index (χ2v) is 4.55. The molecule has 0 bridgehead atoms. The molecule has 3 N–H and O–H groups in total. The monoisotopic (exact) mass is 296 g/mol. The number of nitrogens with one attached hydrogen (secondary N) is 1. The summed E-state index contributed by atoms with van der Waals surface area (Å²) >= 11 is 0. The number of benzene rings is 2. The van der Waals surface area contributed by atoms with Crippen LogP contribution in [-0.4, -0.2) is 18.9 Å². The van der Waals surface area contributed by atoms with E-state index in [-0.39, 0.29) is 5.56 Å². The van der Waals surface area contributed by atoms with Gasteiger partial charge in [0, 0.05) is 0 Å². The molecule has 0 heterocycles. The van der Waals surface area contributed by atoms with Gasteiger partial charge in [0.15, 0.2) is 0 Å². The van der Waals surface area contributed by atoms with Crippen LogP contribution in [0.5, 0.6) is 5.75 Å². The fourth-order valence-corrected chi connectivity index (χ4v) is 2.03. The number of hydrogen-bond donors (Lipinski definition) is 2.